The van der Waals surface area contributed by atoms with Crippen molar-refractivity contribution in [3.8, 4) is 0 Å². The molecule has 0 saturated heterocycles. The second kappa shape index (κ2) is 4.78. The van der Waals surface area contributed by atoms with Crippen LogP contribution in [0.25, 0.3) is 10.9 Å². The van der Waals surface area contributed by atoms with E-state index < -0.39 is 0 Å². The summed E-state index contributed by atoms with van der Waals surface area (Å²) in [6, 6.07) is 5.58. The first-order chi connectivity index (χ1) is 8.44. The van der Waals surface area contributed by atoms with Crippen molar-refractivity contribution < 1.29 is 9.53 Å². The summed E-state index contributed by atoms with van der Waals surface area (Å²) in [7, 11) is 0. The normalized spacial score (nSPS) is 11.7. The number of amides is 1. The van der Waals surface area contributed by atoms with Crippen LogP contribution in [0.3, 0.4) is 0 Å². The van der Waals surface area contributed by atoms with Crippen molar-refractivity contribution in [1.82, 2.24) is 10.2 Å². The fourth-order valence-electron chi connectivity index (χ4n) is 1.50. The Morgan fingerprint density at radius 2 is 2.22 bits per heavy atom. The molecule has 0 spiro atoms. The van der Waals surface area contributed by atoms with E-state index in [0.717, 1.165) is 16.6 Å². The average Bonchev–Trinajstić information content (AvgIpc) is 2.72. The quantitative estimate of drug-likeness (QED) is 0.874. The van der Waals surface area contributed by atoms with Gasteiger partial charge in [-0.2, -0.15) is 5.10 Å². The van der Waals surface area contributed by atoms with Gasteiger partial charge in [-0.25, -0.2) is 0 Å². The average molecular weight is 247 g/mol. The number of nitrogens with one attached hydrogen (secondary N) is 2. The molecule has 0 bridgehead atoms. The van der Waals surface area contributed by atoms with Crippen LogP contribution in [0.2, 0.25) is 0 Å². The number of benzene rings is 1. The van der Waals surface area contributed by atoms with E-state index in [-0.39, 0.29) is 18.1 Å². The van der Waals surface area contributed by atoms with Gasteiger partial charge in [0.1, 0.15) is 6.61 Å². The van der Waals surface area contributed by atoms with Gasteiger partial charge in [-0.15, -0.1) is 0 Å². The maximum atomic E-state index is 11.7. The fraction of sp³-hybridized carbons (Fsp3) is 0.385. The van der Waals surface area contributed by atoms with Crippen molar-refractivity contribution in [3.05, 3.63) is 24.4 Å². The Kier molecular flexibility index (Phi) is 3.34. The SMILES string of the molecule is CC(C)(C)OCC(=O)Nc1ccc2[nH]ncc2c1. The largest absolute Gasteiger partial charge is 0.366 e. The van der Waals surface area contributed by atoms with Crippen molar-refractivity contribution >= 4 is 22.5 Å². The van der Waals surface area contributed by atoms with Crippen LogP contribution < -0.4 is 5.32 Å². The minimum absolute atomic E-state index is 0.0485. The minimum Gasteiger partial charge on any atom is -0.366 e. The molecule has 5 heteroatoms. The van der Waals surface area contributed by atoms with E-state index in [1.807, 2.05) is 39.0 Å². The number of anilines is 1. The van der Waals surface area contributed by atoms with Gasteiger partial charge in [0.05, 0.1) is 17.3 Å². The van der Waals surface area contributed by atoms with Crippen LogP contribution >= 0.6 is 0 Å². The molecular weight excluding hydrogens is 230 g/mol. The van der Waals surface area contributed by atoms with E-state index in [1.165, 1.54) is 0 Å². The Labute approximate surface area is 106 Å². The summed E-state index contributed by atoms with van der Waals surface area (Å²) in [5.74, 6) is -0.159. The molecular formula is C13H17N3O2. The molecule has 96 valence electrons. The molecule has 0 unspecified atom stereocenters. The van der Waals surface area contributed by atoms with Gasteiger partial charge in [0, 0.05) is 11.1 Å². The standard InChI is InChI=1S/C13H17N3O2/c1-13(2,3)18-8-12(17)15-10-4-5-11-9(6-10)7-14-16-11/h4-7H,8H2,1-3H3,(H,14,16)(H,15,17). The van der Waals surface area contributed by atoms with E-state index in [0.29, 0.717) is 0 Å². The summed E-state index contributed by atoms with van der Waals surface area (Å²) < 4.78 is 5.41. The van der Waals surface area contributed by atoms with Gasteiger partial charge in [-0.05, 0) is 39.0 Å². The molecule has 0 aliphatic rings. The lowest BCUT2D eigenvalue weighted by molar-refractivity contribution is -0.125. The van der Waals surface area contributed by atoms with E-state index >= 15 is 0 Å². The van der Waals surface area contributed by atoms with Gasteiger partial charge < -0.3 is 10.1 Å². The van der Waals surface area contributed by atoms with Crippen LogP contribution in [-0.2, 0) is 9.53 Å². The zero-order valence-corrected chi connectivity index (χ0v) is 10.8. The molecule has 2 rings (SSSR count). The molecule has 0 aliphatic heterocycles. The van der Waals surface area contributed by atoms with E-state index in [1.54, 1.807) is 6.20 Å². The molecule has 2 N–H and O–H groups in total. The van der Waals surface area contributed by atoms with Crippen molar-refractivity contribution in [1.29, 1.82) is 0 Å². The number of nitrogens with zero attached hydrogens (tertiary/aromatic N) is 1. The third kappa shape index (κ3) is 3.30. The van der Waals surface area contributed by atoms with Gasteiger partial charge >= 0.3 is 0 Å². The summed E-state index contributed by atoms with van der Waals surface area (Å²) in [4.78, 5) is 11.7. The highest BCUT2D eigenvalue weighted by Crippen LogP contribution is 2.16. The fourth-order valence-corrected chi connectivity index (χ4v) is 1.50. The van der Waals surface area contributed by atoms with Crippen molar-refractivity contribution in [2.24, 2.45) is 0 Å². The molecule has 0 aliphatic carbocycles. The number of H-pyrrole nitrogens is 1. The van der Waals surface area contributed by atoms with Crippen molar-refractivity contribution in [3.63, 3.8) is 0 Å². The molecule has 2 aromatic rings. The smallest absolute Gasteiger partial charge is 0.250 e. The van der Waals surface area contributed by atoms with Gasteiger partial charge in [0.15, 0.2) is 0 Å². The Morgan fingerprint density at radius 1 is 1.44 bits per heavy atom. The zero-order valence-electron chi connectivity index (χ0n) is 10.8. The number of ether oxygens (including phenoxy) is 1. The predicted octanol–water partition coefficient (Wildman–Crippen LogP) is 2.32. The predicted molar refractivity (Wildman–Crippen MR) is 70.4 cm³/mol. The van der Waals surface area contributed by atoms with Crippen molar-refractivity contribution in [2.45, 2.75) is 26.4 Å². The third-order valence-corrected chi connectivity index (χ3v) is 2.36. The highest BCUT2D eigenvalue weighted by molar-refractivity contribution is 5.94. The summed E-state index contributed by atoms with van der Waals surface area (Å²) in [6.07, 6.45) is 1.72. The molecule has 1 aromatic carbocycles. The monoisotopic (exact) mass is 247 g/mol. The van der Waals surface area contributed by atoms with Gasteiger partial charge in [-0.1, -0.05) is 0 Å². The van der Waals surface area contributed by atoms with E-state index in [9.17, 15) is 4.79 Å². The van der Waals surface area contributed by atoms with Crippen LogP contribution in [0, 0.1) is 0 Å². The lowest BCUT2D eigenvalue weighted by Crippen LogP contribution is -2.27. The second-order valence-corrected chi connectivity index (χ2v) is 5.12. The van der Waals surface area contributed by atoms with Crippen molar-refractivity contribution in [2.75, 3.05) is 11.9 Å². The van der Waals surface area contributed by atoms with Crippen LogP contribution in [0.1, 0.15) is 20.8 Å². The Morgan fingerprint density at radius 3 is 2.94 bits per heavy atom. The number of aromatic amines is 1. The van der Waals surface area contributed by atoms with Crippen LogP contribution in [0.5, 0.6) is 0 Å². The van der Waals surface area contributed by atoms with Crippen LogP contribution in [0.15, 0.2) is 24.4 Å². The van der Waals surface area contributed by atoms with Gasteiger partial charge in [-0.3, -0.25) is 9.89 Å². The molecule has 1 amide bonds. The Balaban J connectivity index is 1.98. The van der Waals surface area contributed by atoms with E-state index in [2.05, 4.69) is 15.5 Å². The second-order valence-electron chi connectivity index (χ2n) is 5.12. The zero-order chi connectivity index (χ0) is 13.2. The summed E-state index contributed by atoms with van der Waals surface area (Å²) in [5.41, 5.74) is 1.37. The van der Waals surface area contributed by atoms with Crippen LogP contribution in [-0.4, -0.2) is 28.3 Å². The number of hydrogen-bond donors (Lipinski definition) is 2. The molecule has 1 aromatic heterocycles. The van der Waals surface area contributed by atoms with E-state index in [4.69, 9.17) is 4.74 Å². The molecule has 0 fully saturated rings. The highest BCUT2D eigenvalue weighted by Gasteiger charge is 2.13. The maximum absolute atomic E-state index is 11.7. The first-order valence-corrected chi connectivity index (χ1v) is 5.81. The topological polar surface area (TPSA) is 67.0 Å². The Hall–Kier alpha value is -1.88. The molecule has 0 saturated carbocycles. The summed E-state index contributed by atoms with van der Waals surface area (Å²) >= 11 is 0. The number of hydrogen-bond acceptors (Lipinski definition) is 3. The minimum atomic E-state index is -0.314. The number of rotatable bonds is 3. The lowest BCUT2D eigenvalue weighted by Gasteiger charge is -2.18. The van der Waals surface area contributed by atoms with Gasteiger partial charge in [0.25, 0.3) is 0 Å². The lowest BCUT2D eigenvalue weighted by atomic mass is 10.2. The molecule has 0 atom stereocenters. The molecule has 5 nitrogen and oxygen atoms in total. The number of aromatic nitrogens is 2. The first kappa shape index (κ1) is 12.6. The number of carbonyl (C=O) groups excluding carboxylic acids is 1. The number of fused-ring (bicyclic) bond motifs is 1. The third-order valence-electron chi connectivity index (χ3n) is 2.36. The summed E-state index contributed by atoms with van der Waals surface area (Å²) in [5, 5.41) is 10.5. The molecule has 0 radical (unpaired) electrons. The maximum Gasteiger partial charge on any atom is 0.250 e. The highest BCUT2D eigenvalue weighted by atomic mass is 16.5. The molecule has 1 heterocycles. The Bertz CT molecular complexity index is 555. The van der Waals surface area contributed by atoms with Gasteiger partial charge in [0.2, 0.25) is 5.91 Å². The first-order valence-electron chi connectivity index (χ1n) is 5.81. The molecule has 18 heavy (non-hydrogen) atoms. The number of carbonyl (C=O) groups is 1. The van der Waals surface area contributed by atoms with Crippen LogP contribution in [0.4, 0.5) is 5.69 Å². The summed E-state index contributed by atoms with van der Waals surface area (Å²) in [6.45, 7) is 5.79.